The zero-order chi connectivity index (χ0) is 11.5. The molecule has 2 heterocycles. The summed E-state index contributed by atoms with van der Waals surface area (Å²) in [5.41, 5.74) is 5.93. The summed E-state index contributed by atoms with van der Waals surface area (Å²) in [4.78, 5) is 0.899. The van der Waals surface area contributed by atoms with Gasteiger partial charge in [-0.15, -0.1) is 11.3 Å². The predicted molar refractivity (Wildman–Crippen MR) is 59.0 cm³/mol. The van der Waals surface area contributed by atoms with Gasteiger partial charge in [-0.2, -0.15) is 0 Å². The minimum Gasteiger partial charge on any atom is -0.389 e. The molecule has 1 fully saturated rings. The number of nitrogens with two attached hydrogens (primary N) is 1. The second-order valence-electron chi connectivity index (χ2n) is 3.60. The number of rotatable bonds is 4. The van der Waals surface area contributed by atoms with Gasteiger partial charge in [-0.25, -0.2) is 0 Å². The van der Waals surface area contributed by atoms with Crippen molar-refractivity contribution in [2.24, 2.45) is 5.73 Å². The predicted octanol–water partition coefficient (Wildman–Crippen LogP) is 0.146. The van der Waals surface area contributed by atoms with Crippen LogP contribution in [0.3, 0.4) is 0 Å². The van der Waals surface area contributed by atoms with E-state index in [0.717, 1.165) is 4.88 Å². The lowest BCUT2D eigenvalue weighted by atomic mass is 10.1. The van der Waals surface area contributed by atoms with E-state index in [-0.39, 0.29) is 12.8 Å². The molecule has 1 aromatic rings. The van der Waals surface area contributed by atoms with Crippen molar-refractivity contribution in [2.45, 2.75) is 18.5 Å². The molecule has 0 aromatic carbocycles. The molecule has 0 spiro atoms. The van der Waals surface area contributed by atoms with Crippen LogP contribution in [0.2, 0.25) is 0 Å². The lowest BCUT2D eigenvalue weighted by Gasteiger charge is -2.14. The second kappa shape index (κ2) is 5.22. The first-order valence-electron chi connectivity index (χ1n) is 5.10. The molecule has 4 N–H and O–H groups in total. The van der Waals surface area contributed by atoms with E-state index in [1.807, 2.05) is 0 Å². The van der Waals surface area contributed by atoms with Gasteiger partial charge in [0.1, 0.15) is 6.10 Å². The van der Waals surface area contributed by atoms with Crippen LogP contribution < -0.4 is 5.73 Å². The van der Waals surface area contributed by atoms with Crippen LogP contribution >= 0.6 is 11.3 Å². The normalized spacial score (nSPS) is 21.2. The van der Waals surface area contributed by atoms with E-state index in [1.165, 1.54) is 11.3 Å². The van der Waals surface area contributed by atoms with E-state index in [4.69, 9.17) is 15.2 Å². The fourth-order valence-corrected chi connectivity index (χ4v) is 2.45. The highest BCUT2D eigenvalue weighted by molar-refractivity contribution is 7.10. The molecule has 16 heavy (non-hydrogen) atoms. The Hall–Kier alpha value is -0.500. The molecule has 1 aliphatic rings. The molecule has 0 bridgehead atoms. The summed E-state index contributed by atoms with van der Waals surface area (Å²) in [6.07, 6.45) is -2.22. The Labute approximate surface area is 97.4 Å². The molecular formula is C10H15NO4S. The number of hydrogen-bond acceptors (Lipinski definition) is 6. The maximum absolute atomic E-state index is 9.74. The molecule has 0 radical (unpaired) electrons. The molecule has 0 amide bonds. The fraction of sp³-hybridized carbons (Fsp3) is 0.600. The van der Waals surface area contributed by atoms with Crippen LogP contribution in [-0.4, -0.2) is 36.1 Å². The summed E-state index contributed by atoms with van der Waals surface area (Å²) in [7, 11) is 0. The molecule has 1 aliphatic heterocycles. The monoisotopic (exact) mass is 245 g/mol. The van der Waals surface area contributed by atoms with Crippen molar-refractivity contribution in [1.82, 2.24) is 0 Å². The Morgan fingerprint density at radius 1 is 1.44 bits per heavy atom. The van der Waals surface area contributed by atoms with Crippen molar-refractivity contribution in [3.63, 3.8) is 0 Å². The molecule has 0 aliphatic carbocycles. The summed E-state index contributed by atoms with van der Waals surface area (Å²) >= 11 is 1.44. The minimum atomic E-state index is -0.948. The first-order valence-corrected chi connectivity index (χ1v) is 5.98. The Bertz CT molecular complexity index is 337. The Balaban J connectivity index is 2.06. The van der Waals surface area contributed by atoms with E-state index in [1.54, 1.807) is 11.4 Å². The third kappa shape index (κ3) is 2.42. The number of aliphatic hydroxyl groups excluding tert-OH is 2. The van der Waals surface area contributed by atoms with Gasteiger partial charge in [0, 0.05) is 6.54 Å². The van der Waals surface area contributed by atoms with Crippen LogP contribution in [0.25, 0.3) is 0 Å². The van der Waals surface area contributed by atoms with Crippen molar-refractivity contribution >= 4 is 11.3 Å². The van der Waals surface area contributed by atoms with E-state index in [2.05, 4.69) is 0 Å². The smallest absolute Gasteiger partial charge is 0.193 e. The Morgan fingerprint density at radius 3 is 2.75 bits per heavy atom. The standard InChI is InChI=1S/C10H15NO4S/c11-4-7(12)9(13)6-3-8(16-5-6)10-14-1-2-15-10/h3,5,7,9-10,12-13H,1-2,4,11H2. The van der Waals surface area contributed by atoms with Gasteiger partial charge in [0.15, 0.2) is 6.29 Å². The van der Waals surface area contributed by atoms with Gasteiger partial charge in [-0.3, -0.25) is 0 Å². The molecule has 90 valence electrons. The third-order valence-electron chi connectivity index (χ3n) is 2.44. The maximum Gasteiger partial charge on any atom is 0.193 e. The van der Waals surface area contributed by atoms with Crippen LogP contribution in [0.5, 0.6) is 0 Å². The van der Waals surface area contributed by atoms with Crippen LogP contribution in [-0.2, 0) is 9.47 Å². The second-order valence-corrected chi connectivity index (χ2v) is 4.55. The van der Waals surface area contributed by atoms with Crippen LogP contribution in [0.1, 0.15) is 22.8 Å². The van der Waals surface area contributed by atoms with Crippen molar-refractivity contribution in [1.29, 1.82) is 0 Å². The fourth-order valence-electron chi connectivity index (χ4n) is 1.52. The van der Waals surface area contributed by atoms with Crippen LogP contribution in [0.15, 0.2) is 11.4 Å². The van der Waals surface area contributed by atoms with Gasteiger partial charge in [0.2, 0.25) is 0 Å². The van der Waals surface area contributed by atoms with Crippen LogP contribution in [0, 0.1) is 0 Å². The molecule has 0 saturated carbocycles. The highest BCUT2D eigenvalue weighted by Crippen LogP contribution is 2.31. The summed E-state index contributed by atoms with van der Waals surface area (Å²) < 4.78 is 10.7. The quantitative estimate of drug-likeness (QED) is 0.703. The average molecular weight is 245 g/mol. The summed E-state index contributed by atoms with van der Waals surface area (Å²) in [5.74, 6) is 0. The molecule has 5 nitrogen and oxygen atoms in total. The summed E-state index contributed by atoms with van der Waals surface area (Å²) in [6.45, 7) is 1.21. The van der Waals surface area contributed by atoms with Crippen molar-refractivity contribution in [3.8, 4) is 0 Å². The lowest BCUT2D eigenvalue weighted by molar-refractivity contribution is -0.0415. The molecule has 6 heteroatoms. The Morgan fingerprint density at radius 2 is 2.12 bits per heavy atom. The zero-order valence-electron chi connectivity index (χ0n) is 8.70. The number of aliphatic hydroxyl groups is 2. The van der Waals surface area contributed by atoms with Crippen molar-refractivity contribution < 1.29 is 19.7 Å². The molecule has 2 rings (SSSR count). The van der Waals surface area contributed by atoms with Gasteiger partial charge >= 0.3 is 0 Å². The topological polar surface area (TPSA) is 84.9 Å². The van der Waals surface area contributed by atoms with E-state index in [0.29, 0.717) is 18.8 Å². The zero-order valence-corrected chi connectivity index (χ0v) is 9.52. The van der Waals surface area contributed by atoms with E-state index < -0.39 is 12.2 Å². The molecule has 1 aromatic heterocycles. The average Bonchev–Trinajstić information content (AvgIpc) is 2.96. The van der Waals surface area contributed by atoms with Gasteiger partial charge in [-0.05, 0) is 17.0 Å². The van der Waals surface area contributed by atoms with E-state index >= 15 is 0 Å². The van der Waals surface area contributed by atoms with Gasteiger partial charge in [0.25, 0.3) is 0 Å². The summed E-state index contributed by atoms with van der Waals surface area (Å²) in [5, 5.41) is 20.9. The molecule has 1 saturated heterocycles. The maximum atomic E-state index is 9.74. The number of thiophene rings is 1. The molecule has 2 unspecified atom stereocenters. The van der Waals surface area contributed by atoms with Gasteiger partial charge < -0.3 is 25.4 Å². The Kier molecular flexibility index (Phi) is 3.91. The summed E-state index contributed by atoms with van der Waals surface area (Å²) in [6, 6.07) is 1.78. The number of hydrogen-bond donors (Lipinski definition) is 3. The first-order chi connectivity index (χ1) is 7.72. The van der Waals surface area contributed by atoms with E-state index in [9.17, 15) is 10.2 Å². The highest BCUT2D eigenvalue weighted by Gasteiger charge is 2.23. The van der Waals surface area contributed by atoms with Crippen LogP contribution in [0.4, 0.5) is 0 Å². The molecular weight excluding hydrogens is 230 g/mol. The van der Waals surface area contributed by atoms with Crippen molar-refractivity contribution in [3.05, 3.63) is 21.9 Å². The highest BCUT2D eigenvalue weighted by atomic mass is 32.1. The molecule has 2 atom stereocenters. The minimum absolute atomic E-state index is 0.0305. The van der Waals surface area contributed by atoms with Gasteiger partial charge in [0.05, 0.1) is 24.2 Å². The lowest BCUT2D eigenvalue weighted by Crippen LogP contribution is -2.26. The third-order valence-corrected chi connectivity index (χ3v) is 3.41. The van der Waals surface area contributed by atoms with Crippen molar-refractivity contribution in [2.75, 3.05) is 19.8 Å². The SMILES string of the molecule is NCC(O)C(O)c1csc(C2OCCO2)c1. The number of ether oxygens (including phenoxy) is 2. The van der Waals surface area contributed by atoms with Gasteiger partial charge in [-0.1, -0.05) is 0 Å². The first kappa shape index (κ1) is 12.0. The largest absolute Gasteiger partial charge is 0.389 e.